The third-order valence-electron chi connectivity index (χ3n) is 6.28. The first kappa shape index (κ1) is 25.1. The smallest absolute Gasteiger partial charge is 0.407 e. The van der Waals surface area contributed by atoms with Gasteiger partial charge in [0.15, 0.2) is 5.82 Å². The van der Waals surface area contributed by atoms with Crippen LogP contribution in [-0.2, 0) is 29.6 Å². The minimum atomic E-state index is -0.877. The third-order valence-corrected chi connectivity index (χ3v) is 6.28. The minimum absolute atomic E-state index is 0.0473. The highest BCUT2D eigenvalue weighted by atomic mass is 19.1. The predicted molar refractivity (Wildman–Crippen MR) is 122 cm³/mol. The van der Waals surface area contributed by atoms with Crippen molar-refractivity contribution in [2.24, 2.45) is 7.05 Å². The van der Waals surface area contributed by atoms with Crippen LogP contribution < -0.4 is 10.6 Å². The van der Waals surface area contributed by atoms with Crippen molar-refractivity contribution in [1.82, 2.24) is 25.1 Å². The first-order valence-electron chi connectivity index (χ1n) is 11.5. The third kappa shape index (κ3) is 5.30. The number of hydrogen-bond acceptors (Lipinski definition) is 6. The first-order chi connectivity index (χ1) is 16.5. The highest BCUT2D eigenvalue weighted by Crippen LogP contribution is 2.35. The lowest BCUT2D eigenvalue weighted by Crippen LogP contribution is -2.52. The summed E-state index contributed by atoms with van der Waals surface area (Å²) >= 11 is 0. The zero-order chi connectivity index (χ0) is 25.5. The molecule has 0 bridgehead atoms. The van der Waals surface area contributed by atoms with Crippen LogP contribution in [0.1, 0.15) is 60.9 Å². The van der Waals surface area contributed by atoms with Gasteiger partial charge in [-0.25, -0.2) is 18.6 Å². The fraction of sp³-hybridized carbons (Fsp3) is 0.542. The normalized spacial score (nSPS) is 22.5. The Morgan fingerprint density at radius 2 is 1.97 bits per heavy atom. The van der Waals surface area contributed by atoms with Crippen molar-refractivity contribution in [1.29, 1.82) is 0 Å². The van der Waals surface area contributed by atoms with E-state index in [4.69, 9.17) is 9.47 Å². The zero-order valence-corrected chi connectivity index (χ0v) is 20.5. The molecule has 0 aliphatic carbocycles. The molecular formula is C24H31F2N5O4. The number of halogens is 2. The summed E-state index contributed by atoms with van der Waals surface area (Å²) in [5, 5.41) is 5.40. The summed E-state index contributed by atoms with van der Waals surface area (Å²) in [6.07, 6.45) is -1.11. The van der Waals surface area contributed by atoms with Gasteiger partial charge >= 0.3 is 6.09 Å². The molecular weight excluding hydrogens is 460 g/mol. The number of carbonyl (C=O) groups is 2. The van der Waals surface area contributed by atoms with E-state index in [9.17, 15) is 18.4 Å². The molecule has 1 fully saturated rings. The molecule has 2 unspecified atom stereocenters. The second-order valence-electron chi connectivity index (χ2n) is 9.93. The van der Waals surface area contributed by atoms with Crippen molar-refractivity contribution in [3.05, 3.63) is 52.6 Å². The van der Waals surface area contributed by atoms with Crippen LogP contribution in [0.3, 0.4) is 0 Å². The van der Waals surface area contributed by atoms with E-state index >= 15 is 0 Å². The van der Waals surface area contributed by atoms with Crippen LogP contribution in [0.5, 0.6) is 0 Å². The van der Waals surface area contributed by atoms with Crippen LogP contribution in [0.25, 0.3) is 0 Å². The molecule has 2 amide bonds. The van der Waals surface area contributed by atoms with E-state index < -0.39 is 35.5 Å². The van der Waals surface area contributed by atoms with Crippen LogP contribution in [0, 0.1) is 11.6 Å². The number of aromatic nitrogens is 2. The number of ether oxygens (including phenoxy) is 2. The number of alkyl carbamates (subject to hydrolysis) is 1. The number of carbonyl (C=O) groups excluding carboxylic acids is 2. The lowest BCUT2D eigenvalue weighted by molar-refractivity contribution is -0.0630. The number of hydrogen-bond donors (Lipinski definition) is 2. The molecule has 2 aliphatic rings. The number of nitrogens with one attached hydrogen (secondary N) is 2. The summed E-state index contributed by atoms with van der Waals surface area (Å²) < 4.78 is 41.8. The predicted octanol–water partition coefficient (Wildman–Crippen LogP) is 2.80. The Morgan fingerprint density at radius 1 is 1.23 bits per heavy atom. The van der Waals surface area contributed by atoms with Crippen molar-refractivity contribution in [2.45, 2.75) is 64.1 Å². The summed E-state index contributed by atoms with van der Waals surface area (Å²) in [4.78, 5) is 31.3. The summed E-state index contributed by atoms with van der Waals surface area (Å²) in [7, 11) is 3.36. The fourth-order valence-electron chi connectivity index (χ4n) is 4.63. The Balaban J connectivity index is 1.54. The minimum Gasteiger partial charge on any atom is -0.444 e. The van der Waals surface area contributed by atoms with Gasteiger partial charge in [0, 0.05) is 38.8 Å². The monoisotopic (exact) mass is 491 g/mol. The van der Waals surface area contributed by atoms with Gasteiger partial charge in [-0.1, -0.05) is 0 Å². The fourth-order valence-corrected chi connectivity index (χ4v) is 4.63. The van der Waals surface area contributed by atoms with Gasteiger partial charge in [0.05, 0.1) is 24.0 Å². The summed E-state index contributed by atoms with van der Waals surface area (Å²) in [6, 6.07) is 2.42. The van der Waals surface area contributed by atoms with E-state index in [-0.39, 0.29) is 24.1 Å². The van der Waals surface area contributed by atoms with Gasteiger partial charge in [-0.2, -0.15) is 0 Å². The van der Waals surface area contributed by atoms with E-state index in [1.165, 1.54) is 0 Å². The van der Waals surface area contributed by atoms with Crippen molar-refractivity contribution in [2.75, 3.05) is 13.7 Å². The van der Waals surface area contributed by atoms with Crippen molar-refractivity contribution in [3.63, 3.8) is 0 Å². The topological polar surface area (TPSA) is 97.7 Å². The number of fused-ring (bicyclic) bond motifs is 1. The molecule has 0 radical (unpaired) electrons. The maximum absolute atomic E-state index is 14.6. The molecule has 0 saturated carbocycles. The molecule has 1 aromatic heterocycles. The zero-order valence-electron chi connectivity index (χ0n) is 20.5. The van der Waals surface area contributed by atoms with E-state index in [1.807, 2.05) is 0 Å². The van der Waals surface area contributed by atoms with Crippen molar-refractivity contribution >= 4 is 12.0 Å². The second-order valence-corrected chi connectivity index (χ2v) is 9.93. The number of rotatable bonds is 4. The molecule has 2 aromatic rings. The van der Waals surface area contributed by atoms with Gasteiger partial charge in [0.2, 0.25) is 0 Å². The molecule has 0 spiro atoms. The molecule has 1 saturated heterocycles. The molecule has 4 rings (SSSR count). The maximum atomic E-state index is 14.6. The maximum Gasteiger partial charge on any atom is 0.407 e. The van der Waals surface area contributed by atoms with Gasteiger partial charge in [0.1, 0.15) is 23.3 Å². The van der Waals surface area contributed by atoms with Gasteiger partial charge in [-0.3, -0.25) is 9.69 Å². The lowest BCUT2D eigenvalue weighted by atomic mass is 9.92. The lowest BCUT2D eigenvalue weighted by Gasteiger charge is -2.40. The van der Waals surface area contributed by atoms with Crippen LogP contribution >= 0.6 is 0 Å². The Bertz CT molecular complexity index is 1130. The van der Waals surface area contributed by atoms with Crippen LogP contribution in [0.2, 0.25) is 0 Å². The number of imidazole rings is 1. The Morgan fingerprint density at radius 3 is 2.63 bits per heavy atom. The Kier molecular flexibility index (Phi) is 6.83. The highest BCUT2D eigenvalue weighted by molar-refractivity contribution is 5.90. The van der Waals surface area contributed by atoms with Crippen molar-refractivity contribution in [3.8, 4) is 0 Å². The molecule has 35 heavy (non-hydrogen) atoms. The number of nitrogens with zero attached hydrogens (tertiary/aromatic N) is 3. The molecule has 2 N–H and O–H groups in total. The highest BCUT2D eigenvalue weighted by Gasteiger charge is 2.40. The van der Waals surface area contributed by atoms with Gasteiger partial charge in [-0.05, 0) is 45.4 Å². The molecule has 2 aliphatic heterocycles. The van der Waals surface area contributed by atoms with Crippen LogP contribution in [0.15, 0.2) is 18.2 Å². The standard InChI is InChI=1S/C24H31F2N5O4/c1-24(2,3)35-23(33)29-17-9-14(12-34-20(17)15-8-13(25)6-7-16(15)26)31-10-18-19(11-31)30(5)21(28-18)22(32)27-4/h6-8,14,17,20H,9-12H2,1-5H3,(H,27,32)(H,29,33)/t14?,17?,20-/m1/s1. The summed E-state index contributed by atoms with van der Waals surface area (Å²) in [5.41, 5.74) is 1.06. The van der Waals surface area contributed by atoms with Gasteiger partial charge < -0.3 is 24.7 Å². The number of benzene rings is 1. The van der Waals surface area contributed by atoms with Gasteiger partial charge in [-0.15, -0.1) is 0 Å². The van der Waals surface area contributed by atoms with Crippen LogP contribution in [-0.4, -0.2) is 57.8 Å². The van der Waals surface area contributed by atoms with Crippen LogP contribution in [0.4, 0.5) is 13.6 Å². The van der Waals surface area contributed by atoms with E-state index in [0.29, 0.717) is 25.3 Å². The first-order valence-corrected chi connectivity index (χ1v) is 11.5. The van der Waals surface area contributed by atoms with Gasteiger partial charge in [0.25, 0.3) is 5.91 Å². The molecule has 190 valence electrons. The number of amides is 2. The van der Waals surface area contributed by atoms with E-state index in [2.05, 4.69) is 20.5 Å². The Labute approximate surface area is 202 Å². The molecule has 1 aromatic carbocycles. The summed E-state index contributed by atoms with van der Waals surface area (Å²) in [5.74, 6) is -1.10. The molecule has 11 heteroatoms. The second kappa shape index (κ2) is 9.54. The van der Waals surface area contributed by atoms with E-state index in [0.717, 1.165) is 29.6 Å². The molecule has 3 atom stereocenters. The largest absolute Gasteiger partial charge is 0.444 e. The Hall–Kier alpha value is -3.05. The summed E-state index contributed by atoms with van der Waals surface area (Å²) in [6.45, 7) is 6.55. The molecule has 9 nitrogen and oxygen atoms in total. The average Bonchev–Trinajstić information content (AvgIpc) is 3.33. The van der Waals surface area contributed by atoms with E-state index in [1.54, 1.807) is 39.4 Å². The molecule has 3 heterocycles. The van der Waals surface area contributed by atoms with Crippen molar-refractivity contribution < 1.29 is 27.8 Å². The quantitative estimate of drug-likeness (QED) is 0.683. The average molecular weight is 492 g/mol. The SMILES string of the molecule is CNC(=O)c1nc2c(n1C)CN(C1CO[C@H](c3cc(F)ccc3F)C(NC(=O)OC(C)(C)C)C1)C2.